The third kappa shape index (κ3) is 9.48. The molecule has 0 radical (unpaired) electrons. The summed E-state index contributed by atoms with van der Waals surface area (Å²) in [6.07, 6.45) is 13.5. The molecule has 2 aliphatic rings. The summed E-state index contributed by atoms with van der Waals surface area (Å²) in [6, 6.07) is 0. The van der Waals surface area contributed by atoms with E-state index in [2.05, 4.69) is 66.4 Å². The van der Waals surface area contributed by atoms with E-state index in [1.54, 1.807) is 13.0 Å². The Morgan fingerprint density at radius 1 is 1.21 bits per heavy atom. The maximum Gasteiger partial charge on any atom is 0.331 e. The lowest BCUT2D eigenvalue weighted by Gasteiger charge is -2.44. The summed E-state index contributed by atoms with van der Waals surface area (Å²) in [4.78, 5) is 15.6. The van der Waals surface area contributed by atoms with Gasteiger partial charge in [-0.2, -0.15) is 0 Å². The standard InChI is InChI=1S/C17H26N2.C11H18O2.C2H6/c1-7-8-12(2)13-11-18-14-15(19-13)17(5,6)10-9-16(14,3)4;1-4-9(3)7-6-8-10(5-2)11(12)13;1-2/h7-8,18H,1,9-11H2,2-6H3;5-7,9H,4,8H2,1-3H3,(H,12,13);1-2H3/b12-8+;7-6-,10-5+;. The van der Waals surface area contributed by atoms with Crippen LogP contribution in [0.2, 0.25) is 0 Å². The van der Waals surface area contributed by atoms with Crippen LogP contribution in [0.3, 0.4) is 0 Å². The van der Waals surface area contributed by atoms with Crippen LogP contribution in [0.25, 0.3) is 0 Å². The zero-order valence-corrected chi connectivity index (χ0v) is 23.5. The number of allylic oxidation sites excluding steroid dienone is 7. The Morgan fingerprint density at radius 3 is 2.29 bits per heavy atom. The van der Waals surface area contributed by atoms with Gasteiger partial charge in [-0.1, -0.05) is 98.8 Å². The summed E-state index contributed by atoms with van der Waals surface area (Å²) < 4.78 is 0. The first-order chi connectivity index (χ1) is 15.9. The van der Waals surface area contributed by atoms with E-state index in [1.807, 2.05) is 32.1 Å². The van der Waals surface area contributed by atoms with Crippen LogP contribution in [-0.4, -0.2) is 23.3 Å². The molecular formula is C30H50N2O2. The van der Waals surface area contributed by atoms with Crippen molar-refractivity contribution >= 4 is 11.7 Å². The van der Waals surface area contributed by atoms with E-state index in [1.165, 1.54) is 29.8 Å². The Kier molecular flexibility index (Phi) is 13.8. The number of hydrogen-bond acceptors (Lipinski definition) is 3. The summed E-state index contributed by atoms with van der Waals surface area (Å²) >= 11 is 0. The van der Waals surface area contributed by atoms with Crippen LogP contribution in [0.5, 0.6) is 0 Å². The lowest BCUT2D eigenvalue weighted by atomic mass is 9.67. The van der Waals surface area contributed by atoms with Crippen molar-refractivity contribution in [2.24, 2.45) is 21.7 Å². The van der Waals surface area contributed by atoms with Crippen molar-refractivity contribution in [3.63, 3.8) is 0 Å². The Morgan fingerprint density at radius 2 is 1.79 bits per heavy atom. The van der Waals surface area contributed by atoms with Gasteiger partial charge in [-0.3, -0.25) is 4.99 Å². The van der Waals surface area contributed by atoms with Gasteiger partial charge in [0.25, 0.3) is 0 Å². The molecule has 1 atom stereocenters. The molecule has 192 valence electrons. The highest BCUT2D eigenvalue weighted by Gasteiger charge is 2.41. The van der Waals surface area contributed by atoms with Crippen LogP contribution in [0.4, 0.5) is 0 Å². The van der Waals surface area contributed by atoms with E-state index in [-0.39, 0.29) is 10.8 Å². The topological polar surface area (TPSA) is 61.7 Å². The Bertz CT molecular complexity index is 836. The molecule has 1 unspecified atom stereocenters. The van der Waals surface area contributed by atoms with Gasteiger partial charge in [0, 0.05) is 22.1 Å². The normalized spacial score (nSPS) is 20.0. The number of carboxylic acids is 1. The molecule has 0 aromatic rings. The van der Waals surface area contributed by atoms with Gasteiger partial charge < -0.3 is 10.4 Å². The molecule has 0 aromatic carbocycles. The van der Waals surface area contributed by atoms with Crippen LogP contribution in [0.1, 0.15) is 94.9 Å². The maximum absolute atomic E-state index is 10.6. The molecule has 1 heterocycles. The van der Waals surface area contributed by atoms with Crippen LogP contribution >= 0.6 is 0 Å². The highest BCUT2D eigenvalue weighted by molar-refractivity contribution is 6.02. The minimum atomic E-state index is -0.823. The third-order valence-corrected chi connectivity index (χ3v) is 6.50. The van der Waals surface area contributed by atoms with Gasteiger partial charge in [0.05, 0.1) is 18.0 Å². The summed E-state index contributed by atoms with van der Waals surface area (Å²) in [7, 11) is 0. The number of aliphatic imine (C=N–C) groups is 1. The number of carbonyl (C=O) groups is 1. The molecule has 34 heavy (non-hydrogen) atoms. The highest BCUT2D eigenvalue weighted by atomic mass is 16.4. The molecule has 2 N–H and O–H groups in total. The molecule has 0 fully saturated rings. The number of carboxylic acid groups (broad SMARTS) is 1. The van der Waals surface area contributed by atoms with Crippen molar-refractivity contribution in [3.05, 3.63) is 59.5 Å². The molecule has 2 rings (SSSR count). The second kappa shape index (κ2) is 14.8. The van der Waals surface area contributed by atoms with Gasteiger partial charge in [-0.25, -0.2) is 4.79 Å². The fraction of sp³-hybridized carbons (Fsp3) is 0.600. The first-order valence-corrected chi connectivity index (χ1v) is 12.8. The first kappa shape index (κ1) is 31.6. The second-order valence-electron chi connectivity index (χ2n) is 10.1. The van der Waals surface area contributed by atoms with E-state index in [9.17, 15) is 4.79 Å². The zero-order valence-electron chi connectivity index (χ0n) is 23.5. The monoisotopic (exact) mass is 470 g/mol. The van der Waals surface area contributed by atoms with Gasteiger partial charge in [0.1, 0.15) is 0 Å². The SMILES string of the molecule is C/C=C(\C/C=C\C(C)CC)C(=O)O.C=C/C=C(\C)C1=NC2=C(NC1)C(C)(C)CCC2(C)C.CC. The van der Waals surface area contributed by atoms with Crippen molar-refractivity contribution < 1.29 is 9.90 Å². The van der Waals surface area contributed by atoms with Crippen molar-refractivity contribution in [1.82, 2.24) is 5.32 Å². The zero-order chi connectivity index (χ0) is 26.5. The van der Waals surface area contributed by atoms with Gasteiger partial charge in [-0.15, -0.1) is 0 Å². The largest absolute Gasteiger partial charge is 0.478 e. The summed E-state index contributed by atoms with van der Waals surface area (Å²) in [5.74, 6) is -0.289. The lowest BCUT2D eigenvalue weighted by Crippen LogP contribution is -2.42. The Balaban J connectivity index is 0.000000639. The van der Waals surface area contributed by atoms with Gasteiger partial charge in [0.2, 0.25) is 0 Å². The molecule has 0 amide bonds. The molecule has 0 bridgehead atoms. The molecule has 1 aliphatic carbocycles. The summed E-state index contributed by atoms with van der Waals surface area (Å²) in [5, 5.41) is 12.3. The first-order valence-electron chi connectivity index (χ1n) is 12.8. The van der Waals surface area contributed by atoms with Crippen molar-refractivity contribution in [3.8, 4) is 0 Å². The number of nitrogens with one attached hydrogen (secondary N) is 1. The van der Waals surface area contributed by atoms with Crippen LogP contribution in [0, 0.1) is 16.7 Å². The van der Waals surface area contributed by atoms with Crippen molar-refractivity contribution in [2.75, 3.05) is 6.54 Å². The summed E-state index contributed by atoms with van der Waals surface area (Å²) in [6.45, 7) is 25.9. The van der Waals surface area contributed by atoms with E-state index in [0.717, 1.165) is 18.7 Å². The average Bonchev–Trinajstić information content (AvgIpc) is 2.81. The maximum atomic E-state index is 10.6. The molecule has 0 saturated carbocycles. The van der Waals surface area contributed by atoms with Gasteiger partial charge in [-0.05, 0) is 44.6 Å². The predicted octanol–water partition coefficient (Wildman–Crippen LogP) is 8.26. The lowest BCUT2D eigenvalue weighted by molar-refractivity contribution is -0.132. The van der Waals surface area contributed by atoms with Crippen LogP contribution < -0.4 is 5.32 Å². The Hall–Kier alpha value is -2.36. The number of aliphatic carboxylic acids is 1. The van der Waals surface area contributed by atoms with Crippen LogP contribution in [-0.2, 0) is 4.79 Å². The number of rotatable bonds is 7. The van der Waals surface area contributed by atoms with E-state index in [4.69, 9.17) is 10.1 Å². The van der Waals surface area contributed by atoms with Gasteiger partial charge in [0.15, 0.2) is 0 Å². The molecular weight excluding hydrogens is 420 g/mol. The minimum Gasteiger partial charge on any atom is -0.478 e. The average molecular weight is 471 g/mol. The van der Waals surface area contributed by atoms with Crippen molar-refractivity contribution in [1.29, 1.82) is 0 Å². The predicted molar refractivity (Wildman–Crippen MR) is 149 cm³/mol. The van der Waals surface area contributed by atoms with E-state index < -0.39 is 5.97 Å². The molecule has 1 aliphatic heterocycles. The fourth-order valence-corrected chi connectivity index (χ4v) is 3.80. The second-order valence-corrected chi connectivity index (χ2v) is 10.1. The fourth-order valence-electron chi connectivity index (χ4n) is 3.80. The third-order valence-electron chi connectivity index (χ3n) is 6.50. The van der Waals surface area contributed by atoms with Crippen molar-refractivity contribution in [2.45, 2.75) is 94.9 Å². The number of nitrogens with zero attached hydrogens (tertiary/aromatic N) is 1. The van der Waals surface area contributed by atoms with Gasteiger partial charge >= 0.3 is 5.97 Å². The van der Waals surface area contributed by atoms with E-state index in [0.29, 0.717) is 17.9 Å². The summed E-state index contributed by atoms with van der Waals surface area (Å²) in [5.41, 5.74) is 5.78. The quantitative estimate of drug-likeness (QED) is 0.224. The smallest absolute Gasteiger partial charge is 0.331 e. The minimum absolute atomic E-state index is 0.165. The van der Waals surface area contributed by atoms with E-state index >= 15 is 0 Å². The molecule has 0 aromatic heterocycles. The molecule has 0 saturated heterocycles. The van der Waals surface area contributed by atoms with Crippen LogP contribution in [0.15, 0.2) is 64.5 Å². The highest BCUT2D eigenvalue weighted by Crippen LogP contribution is 2.49. The molecule has 4 nitrogen and oxygen atoms in total. The Labute approximate surface area is 209 Å². The molecule has 0 spiro atoms. The number of hydrogen-bond donors (Lipinski definition) is 2. The molecule has 4 heteroatoms.